The number of amides is 3. The average molecular weight is 379 g/mol. The van der Waals surface area contributed by atoms with Gasteiger partial charge in [-0.1, -0.05) is 35.4 Å². The van der Waals surface area contributed by atoms with Gasteiger partial charge in [0.1, 0.15) is 6.04 Å². The third kappa shape index (κ3) is 2.49. The minimum absolute atomic E-state index is 0.123. The number of nitrogens with zero attached hydrogens (tertiary/aromatic N) is 1. The summed E-state index contributed by atoms with van der Waals surface area (Å²) in [5.41, 5.74) is 0.393. The Labute approximate surface area is 155 Å². The van der Waals surface area contributed by atoms with Crippen molar-refractivity contribution >= 4 is 46.6 Å². The molecule has 0 spiro atoms. The number of imide groups is 1. The van der Waals surface area contributed by atoms with E-state index in [-0.39, 0.29) is 35.5 Å². The second kappa shape index (κ2) is 5.85. The molecule has 4 rings (SSSR count). The number of anilines is 1. The third-order valence-electron chi connectivity index (χ3n) is 5.46. The van der Waals surface area contributed by atoms with E-state index in [9.17, 15) is 14.4 Å². The van der Waals surface area contributed by atoms with Gasteiger partial charge in [0.25, 0.3) is 0 Å². The van der Waals surface area contributed by atoms with Gasteiger partial charge in [-0.25, -0.2) is 0 Å². The standard InChI is InChI=1S/C18H16Cl2N2O3/c1-8(16(23)21-13-5-4-11(19)7-12(13)20)22-17(24)14-9-2-3-10(6-9)15(14)18(22)25/h2-5,7-10,14-15H,6H2,1H3,(H,21,23)/t8-,9+,10+,14-,15-/m1/s1. The van der Waals surface area contributed by atoms with Crippen LogP contribution in [0.5, 0.6) is 0 Å². The van der Waals surface area contributed by atoms with Crippen LogP contribution in [0.25, 0.3) is 0 Å². The van der Waals surface area contributed by atoms with Crippen LogP contribution in [0.1, 0.15) is 13.3 Å². The molecule has 2 aliphatic carbocycles. The van der Waals surface area contributed by atoms with Crippen LogP contribution in [0.2, 0.25) is 10.0 Å². The normalized spacial score (nSPS) is 30.8. The first-order valence-corrected chi connectivity index (χ1v) is 8.95. The second-order valence-corrected chi connectivity index (χ2v) is 7.68. The Morgan fingerprint density at radius 3 is 2.32 bits per heavy atom. The quantitative estimate of drug-likeness (QED) is 0.648. The van der Waals surface area contributed by atoms with Crippen LogP contribution in [0.15, 0.2) is 30.4 Å². The van der Waals surface area contributed by atoms with Crippen molar-refractivity contribution < 1.29 is 14.4 Å². The minimum atomic E-state index is -0.892. The summed E-state index contributed by atoms with van der Waals surface area (Å²) in [6, 6.07) is 3.82. The number of carbonyl (C=O) groups excluding carboxylic acids is 3. The lowest BCUT2D eigenvalue weighted by Crippen LogP contribution is -2.46. The van der Waals surface area contributed by atoms with Crippen molar-refractivity contribution in [2.24, 2.45) is 23.7 Å². The summed E-state index contributed by atoms with van der Waals surface area (Å²) in [5.74, 6) is -1.30. The summed E-state index contributed by atoms with van der Waals surface area (Å²) in [6.07, 6.45) is 4.92. The number of benzene rings is 1. The lowest BCUT2D eigenvalue weighted by atomic mass is 9.85. The van der Waals surface area contributed by atoms with Gasteiger partial charge in [-0.2, -0.15) is 0 Å². The fourth-order valence-corrected chi connectivity index (χ4v) is 4.71. The molecule has 3 amide bonds. The van der Waals surface area contributed by atoms with Gasteiger partial charge in [-0.15, -0.1) is 0 Å². The van der Waals surface area contributed by atoms with E-state index in [4.69, 9.17) is 23.2 Å². The number of fused-ring (bicyclic) bond motifs is 5. The number of likely N-dealkylation sites (tertiary alicyclic amines) is 1. The summed E-state index contributed by atoms with van der Waals surface area (Å²) >= 11 is 11.9. The van der Waals surface area contributed by atoms with Crippen LogP contribution >= 0.6 is 23.2 Å². The molecule has 1 saturated heterocycles. The Balaban J connectivity index is 1.53. The number of hydrogen-bond acceptors (Lipinski definition) is 3. The molecule has 130 valence electrons. The van der Waals surface area contributed by atoms with Crippen LogP contribution in [-0.2, 0) is 14.4 Å². The summed E-state index contributed by atoms with van der Waals surface area (Å²) in [5, 5.41) is 3.42. The van der Waals surface area contributed by atoms with Crippen LogP contribution < -0.4 is 5.32 Å². The number of allylic oxidation sites excluding steroid dienone is 2. The van der Waals surface area contributed by atoms with Crippen molar-refractivity contribution in [1.82, 2.24) is 4.90 Å². The lowest BCUT2D eigenvalue weighted by Gasteiger charge is -2.24. The molecule has 5 nitrogen and oxygen atoms in total. The smallest absolute Gasteiger partial charge is 0.247 e. The van der Waals surface area contributed by atoms with Crippen molar-refractivity contribution in [2.75, 3.05) is 5.32 Å². The van der Waals surface area contributed by atoms with E-state index in [0.717, 1.165) is 11.3 Å². The molecule has 25 heavy (non-hydrogen) atoms. The van der Waals surface area contributed by atoms with Gasteiger partial charge in [-0.3, -0.25) is 19.3 Å². The van der Waals surface area contributed by atoms with Gasteiger partial charge >= 0.3 is 0 Å². The zero-order chi connectivity index (χ0) is 17.9. The Hall–Kier alpha value is -1.85. The van der Waals surface area contributed by atoms with E-state index in [1.54, 1.807) is 19.1 Å². The zero-order valence-corrected chi connectivity index (χ0v) is 14.9. The van der Waals surface area contributed by atoms with Gasteiger partial charge in [-0.05, 0) is 43.4 Å². The summed E-state index contributed by atoms with van der Waals surface area (Å²) in [6.45, 7) is 1.56. The second-order valence-electron chi connectivity index (χ2n) is 6.84. The predicted octanol–water partition coefficient (Wildman–Crippen LogP) is 3.13. The predicted molar refractivity (Wildman–Crippen MR) is 94.1 cm³/mol. The SMILES string of the molecule is C[C@H](C(=O)Nc1ccc(Cl)cc1Cl)N1C(=O)[C@H]2[C@H](C1=O)[C@H]1C=C[C@H]2C1. The van der Waals surface area contributed by atoms with E-state index in [1.807, 2.05) is 12.2 Å². The van der Waals surface area contributed by atoms with E-state index < -0.39 is 11.9 Å². The van der Waals surface area contributed by atoms with Crippen LogP contribution in [0, 0.1) is 23.7 Å². The van der Waals surface area contributed by atoms with Gasteiger partial charge < -0.3 is 5.32 Å². The molecule has 0 unspecified atom stereocenters. The third-order valence-corrected chi connectivity index (χ3v) is 6.01. The van der Waals surface area contributed by atoms with E-state index in [1.165, 1.54) is 6.07 Å². The highest BCUT2D eigenvalue weighted by atomic mass is 35.5. The number of halogens is 2. The Bertz CT molecular complexity index is 793. The van der Waals surface area contributed by atoms with Crippen molar-refractivity contribution in [2.45, 2.75) is 19.4 Å². The maximum Gasteiger partial charge on any atom is 0.247 e. The first-order valence-electron chi connectivity index (χ1n) is 8.19. The Morgan fingerprint density at radius 1 is 1.16 bits per heavy atom. The fraction of sp³-hybridized carbons (Fsp3) is 0.389. The Morgan fingerprint density at radius 2 is 1.76 bits per heavy atom. The summed E-state index contributed by atoms with van der Waals surface area (Å²) < 4.78 is 0. The van der Waals surface area contributed by atoms with Crippen LogP contribution in [0.3, 0.4) is 0 Å². The molecule has 2 fully saturated rings. The van der Waals surface area contributed by atoms with E-state index >= 15 is 0 Å². The number of nitrogens with one attached hydrogen (secondary N) is 1. The minimum Gasteiger partial charge on any atom is -0.323 e. The fourth-order valence-electron chi connectivity index (χ4n) is 4.25. The highest BCUT2D eigenvalue weighted by Gasteiger charge is 2.60. The van der Waals surface area contributed by atoms with E-state index in [0.29, 0.717) is 15.7 Å². The highest BCUT2D eigenvalue weighted by molar-refractivity contribution is 6.36. The molecule has 1 N–H and O–H groups in total. The largest absolute Gasteiger partial charge is 0.323 e. The first kappa shape index (κ1) is 16.6. The van der Waals surface area contributed by atoms with Gasteiger partial charge in [0.05, 0.1) is 22.5 Å². The van der Waals surface area contributed by atoms with Crippen molar-refractivity contribution in [3.63, 3.8) is 0 Å². The number of hydrogen-bond donors (Lipinski definition) is 1. The molecule has 0 radical (unpaired) electrons. The first-order chi connectivity index (χ1) is 11.9. The zero-order valence-electron chi connectivity index (χ0n) is 13.4. The molecule has 7 heteroatoms. The van der Waals surface area contributed by atoms with Crippen LogP contribution in [-0.4, -0.2) is 28.7 Å². The van der Waals surface area contributed by atoms with Crippen molar-refractivity contribution in [3.8, 4) is 0 Å². The van der Waals surface area contributed by atoms with Gasteiger partial charge in [0.2, 0.25) is 17.7 Å². The molecule has 1 heterocycles. The number of rotatable bonds is 3. The summed E-state index contributed by atoms with van der Waals surface area (Å²) in [7, 11) is 0. The molecular formula is C18H16Cl2N2O3. The maximum absolute atomic E-state index is 12.7. The molecular weight excluding hydrogens is 363 g/mol. The number of carbonyl (C=O) groups is 3. The highest BCUT2D eigenvalue weighted by Crippen LogP contribution is 2.52. The van der Waals surface area contributed by atoms with Crippen LogP contribution in [0.4, 0.5) is 5.69 Å². The molecule has 5 atom stereocenters. The van der Waals surface area contributed by atoms with Gasteiger partial charge in [0.15, 0.2) is 0 Å². The monoisotopic (exact) mass is 378 g/mol. The maximum atomic E-state index is 12.7. The van der Waals surface area contributed by atoms with Crippen molar-refractivity contribution in [1.29, 1.82) is 0 Å². The molecule has 1 aromatic carbocycles. The molecule has 0 aromatic heterocycles. The topological polar surface area (TPSA) is 66.5 Å². The van der Waals surface area contributed by atoms with E-state index in [2.05, 4.69) is 5.32 Å². The molecule has 1 saturated carbocycles. The average Bonchev–Trinajstić information content (AvgIpc) is 3.23. The summed E-state index contributed by atoms with van der Waals surface area (Å²) in [4.78, 5) is 39.2. The van der Waals surface area contributed by atoms with Gasteiger partial charge in [0, 0.05) is 5.02 Å². The molecule has 1 aliphatic heterocycles. The Kier molecular flexibility index (Phi) is 3.89. The lowest BCUT2D eigenvalue weighted by molar-refractivity contribution is -0.146. The molecule has 3 aliphatic rings. The van der Waals surface area contributed by atoms with Crippen molar-refractivity contribution in [3.05, 3.63) is 40.4 Å². The molecule has 2 bridgehead atoms. The molecule has 1 aromatic rings.